The minimum atomic E-state index is -0.331. The third kappa shape index (κ3) is 3.43. The molecule has 0 aliphatic rings. The summed E-state index contributed by atoms with van der Waals surface area (Å²) in [6.45, 7) is 1.82. The maximum atomic E-state index is 12.2. The summed E-state index contributed by atoms with van der Waals surface area (Å²) in [5.74, 6) is -0.0291. The third-order valence-corrected chi connectivity index (χ3v) is 3.58. The van der Waals surface area contributed by atoms with Crippen LogP contribution in [-0.2, 0) is 0 Å². The number of nitriles is 1. The van der Waals surface area contributed by atoms with Crippen LogP contribution < -0.4 is 5.32 Å². The number of hydrogen-bond acceptors (Lipinski definition) is 6. The summed E-state index contributed by atoms with van der Waals surface area (Å²) in [7, 11) is 0. The number of nitrogens with zero attached hydrogens (tertiary/aromatic N) is 4. The van der Waals surface area contributed by atoms with Crippen LogP contribution in [0.5, 0.6) is 5.75 Å². The number of nitrogens with one attached hydrogen (secondary N) is 1. The quantitative estimate of drug-likeness (QED) is 0.763. The number of benzene rings is 1. The third-order valence-electron chi connectivity index (χ3n) is 3.58. The average Bonchev–Trinajstić information content (AvgIpc) is 2.62. The van der Waals surface area contributed by atoms with Gasteiger partial charge >= 0.3 is 0 Å². The Bertz CT molecular complexity index is 978. The summed E-state index contributed by atoms with van der Waals surface area (Å²) < 4.78 is 0. The van der Waals surface area contributed by atoms with E-state index >= 15 is 0 Å². The van der Waals surface area contributed by atoms with Crippen molar-refractivity contribution in [1.29, 1.82) is 5.26 Å². The molecule has 0 radical (unpaired) electrons. The first kappa shape index (κ1) is 16.1. The molecule has 7 heteroatoms. The van der Waals surface area contributed by atoms with Gasteiger partial charge in [0.1, 0.15) is 5.75 Å². The molecule has 0 fully saturated rings. The van der Waals surface area contributed by atoms with Crippen molar-refractivity contribution in [3.05, 3.63) is 65.7 Å². The van der Waals surface area contributed by atoms with E-state index < -0.39 is 0 Å². The van der Waals surface area contributed by atoms with Crippen LogP contribution in [0.4, 0.5) is 5.82 Å². The van der Waals surface area contributed by atoms with Crippen molar-refractivity contribution in [2.24, 2.45) is 0 Å². The van der Waals surface area contributed by atoms with Gasteiger partial charge in [0.25, 0.3) is 5.91 Å². The monoisotopic (exact) mass is 331 g/mol. The Balaban J connectivity index is 1.84. The zero-order valence-corrected chi connectivity index (χ0v) is 13.3. The van der Waals surface area contributed by atoms with Crippen LogP contribution in [0.1, 0.15) is 21.5 Å². The van der Waals surface area contributed by atoms with Crippen molar-refractivity contribution in [3.8, 4) is 23.1 Å². The Labute approximate surface area is 143 Å². The van der Waals surface area contributed by atoms with E-state index in [0.717, 1.165) is 5.56 Å². The fourth-order valence-corrected chi connectivity index (χ4v) is 2.26. The van der Waals surface area contributed by atoms with Crippen molar-refractivity contribution in [2.75, 3.05) is 5.32 Å². The van der Waals surface area contributed by atoms with E-state index in [1.165, 1.54) is 36.8 Å². The lowest BCUT2D eigenvalue weighted by atomic mass is 10.1. The van der Waals surface area contributed by atoms with Crippen LogP contribution in [-0.4, -0.2) is 26.0 Å². The number of phenols is 1. The van der Waals surface area contributed by atoms with Crippen LogP contribution in [0.3, 0.4) is 0 Å². The van der Waals surface area contributed by atoms with Crippen LogP contribution in [0.2, 0.25) is 0 Å². The number of anilines is 1. The first-order valence-corrected chi connectivity index (χ1v) is 7.36. The second-order valence-electron chi connectivity index (χ2n) is 5.27. The molecular formula is C18H13N5O2. The Morgan fingerprint density at radius 2 is 2.04 bits per heavy atom. The van der Waals surface area contributed by atoms with E-state index in [9.17, 15) is 9.90 Å². The van der Waals surface area contributed by atoms with Gasteiger partial charge in [-0.3, -0.25) is 14.8 Å². The Kier molecular flexibility index (Phi) is 4.35. The molecule has 0 spiro atoms. The van der Waals surface area contributed by atoms with Gasteiger partial charge < -0.3 is 10.4 Å². The standard InChI is InChI=1S/C18H13N5O2/c1-11-4-5-20-8-15(11)18(25)23-17-10-21-16(9-22-17)14-6-13(24)3-2-12(14)7-19/h2-6,8-10,24H,1H3,(H,22,23,25). The van der Waals surface area contributed by atoms with E-state index in [1.54, 1.807) is 12.3 Å². The summed E-state index contributed by atoms with van der Waals surface area (Å²) in [4.78, 5) is 24.5. The number of phenolic OH excluding ortho intramolecular Hbond substituents is 1. The van der Waals surface area contributed by atoms with E-state index in [4.69, 9.17) is 5.26 Å². The van der Waals surface area contributed by atoms with Gasteiger partial charge in [-0.15, -0.1) is 0 Å². The maximum absolute atomic E-state index is 12.2. The Morgan fingerprint density at radius 1 is 1.20 bits per heavy atom. The van der Waals surface area contributed by atoms with Gasteiger partial charge in [-0.05, 0) is 36.8 Å². The molecule has 0 bridgehead atoms. The molecule has 2 aromatic heterocycles. The second kappa shape index (κ2) is 6.76. The first-order valence-electron chi connectivity index (χ1n) is 7.36. The molecule has 0 saturated carbocycles. The number of amides is 1. The number of aryl methyl sites for hydroxylation is 1. The number of rotatable bonds is 3. The maximum Gasteiger partial charge on any atom is 0.258 e. The predicted octanol–water partition coefficient (Wildman–Crippen LogP) is 2.68. The SMILES string of the molecule is Cc1ccncc1C(=O)Nc1cnc(-c2cc(O)ccc2C#N)cn1. The summed E-state index contributed by atoms with van der Waals surface area (Å²) in [6.07, 6.45) is 5.92. The predicted molar refractivity (Wildman–Crippen MR) is 90.8 cm³/mol. The van der Waals surface area contributed by atoms with E-state index in [0.29, 0.717) is 22.4 Å². The van der Waals surface area contributed by atoms with Gasteiger partial charge in [-0.2, -0.15) is 5.26 Å². The van der Waals surface area contributed by atoms with E-state index in [1.807, 2.05) is 13.0 Å². The molecule has 0 atom stereocenters. The van der Waals surface area contributed by atoms with Crippen LogP contribution in [0.15, 0.2) is 49.1 Å². The van der Waals surface area contributed by atoms with Crippen LogP contribution in [0, 0.1) is 18.3 Å². The average molecular weight is 331 g/mol. The molecular weight excluding hydrogens is 318 g/mol. The van der Waals surface area contributed by atoms with Gasteiger partial charge in [0.2, 0.25) is 0 Å². The van der Waals surface area contributed by atoms with Crippen molar-refractivity contribution < 1.29 is 9.90 Å². The minimum absolute atomic E-state index is 0.0280. The highest BCUT2D eigenvalue weighted by atomic mass is 16.3. The van der Waals surface area contributed by atoms with Gasteiger partial charge in [0, 0.05) is 18.0 Å². The molecule has 3 rings (SSSR count). The number of aromatic hydroxyl groups is 1. The number of aromatic nitrogens is 3. The highest BCUT2D eigenvalue weighted by molar-refractivity contribution is 6.04. The van der Waals surface area contributed by atoms with E-state index in [2.05, 4.69) is 20.3 Å². The highest BCUT2D eigenvalue weighted by Gasteiger charge is 2.12. The normalized spacial score (nSPS) is 10.1. The zero-order chi connectivity index (χ0) is 17.8. The largest absolute Gasteiger partial charge is 0.508 e. The molecule has 0 saturated heterocycles. The highest BCUT2D eigenvalue weighted by Crippen LogP contribution is 2.25. The summed E-state index contributed by atoms with van der Waals surface area (Å²) >= 11 is 0. The summed E-state index contributed by atoms with van der Waals surface area (Å²) in [5, 5.41) is 21.4. The summed E-state index contributed by atoms with van der Waals surface area (Å²) in [6, 6.07) is 8.17. The molecule has 122 valence electrons. The molecule has 7 nitrogen and oxygen atoms in total. The molecule has 0 aliphatic heterocycles. The van der Waals surface area contributed by atoms with E-state index in [-0.39, 0.29) is 17.5 Å². The Hall–Kier alpha value is -3.79. The van der Waals surface area contributed by atoms with Crippen LogP contribution in [0.25, 0.3) is 11.3 Å². The van der Waals surface area contributed by atoms with Gasteiger partial charge in [-0.25, -0.2) is 4.98 Å². The number of pyridine rings is 1. The fraction of sp³-hybridized carbons (Fsp3) is 0.0556. The van der Waals surface area contributed by atoms with Gasteiger partial charge in [0.05, 0.1) is 35.3 Å². The Morgan fingerprint density at radius 3 is 2.72 bits per heavy atom. The molecule has 0 aliphatic carbocycles. The first-order chi connectivity index (χ1) is 12.1. The van der Waals surface area contributed by atoms with Crippen molar-refractivity contribution in [3.63, 3.8) is 0 Å². The lowest BCUT2D eigenvalue weighted by Crippen LogP contribution is -2.14. The minimum Gasteiger partial charge on any atom is -0.508 e. The van der Waals surface area contributed by atoms with Crippen molar-refractivity contribution >= 4 is 11.7 Å². The van der Waals surface area contributed by atoms with Crippen molar-refractivity contribution in [1.82, 2.24) is 15.0 Å². The molecule has 1 amide bonds. The number of hydrogen-bond donors (Lipinski definition) is 2. The topological polar surface area (TPSA) is 112 Å². The van der Waals surface area contributed by atoms with Gasteiger partial charge in [-0.1, -0.05) is 0 Å². The molecule has 0 unspecified atom stereocenters. The lowest BCUT2D eigenvalue weighted by molar-refractivity contribution is 0.102. The smallest absolute Gasteiger partial charge is 0.258 e. The number of carbonyl (C=O) groups excluding carboxylic acids is 1. The lowest BCUT2D eigenvalue weighted by Gasteiger charge is -2.08. The van der Waals surface area contributed by atoms with Crippen LogP contribution >= 0.6 is 0 Å². The molecule has 2 N–H and O–H groups in total. The molecule has 1 aromatic carbocycles. The fourth-order valence-electron chi connectivity index (χ4n) is 2.26. The zero-order valence-electron chi connectivity index (χ0n) is 13.3. The molecule has 2 heterocycles. The number of carbonyl (C=O) groups is 1. The second-order valence-corrected chi connectivity index (χ2v) is 5.27. The molecule has 3 aromatic rings. The summed E-state index contributed by atoms with van der Waals surface area (Å²) in [5.41, 5.74) is 2.51. The molecule has 25 heavy (non-hydrogen) atoms. The van der Waals surface area contributed by atoms with Gasteiger partial charge in [0.15, 0.2) is 5.82 Å². The van der Waals surface area contributed by atoms with Crippen molar-refractivity contribution in [2.45, 2.75) is 6.92 Å².